The zero-order valence-corrected chi connectivity index (χ0v) is 15.3. The van der Waals surface area contributed by atoms with Crippen molar-refractivity contribution >= 4 is 12.1 Å². The monoisotopic (exact) mass is 369 g/mol. The average Bonchev–Trinajstić information content (AvgIpc) is 3.40. The van der Waals surface area contributed by atoms with E-state index in [1.165, 1.54) is 5.56 Å². The second-order valence-corrected chi connectivity index (χ2v) is 6.36. The number of aryl methyl sites for hydroxylation is 1. The smallest absolute Gasteiger partial charge is 0.287 e. The second-order valence-electron chi connectivity index (χ2n) is 6.36. The lowest BCUT2D eigenvalue weighted by molar-refractivity contribution is 0.0951. The Hall–Kier alpha value is -3.93. The molecule has 0 aliphatic heterocycles. The summed E-state index contributed by atoms with van der Waals surface area (Å²) < 4.78 is 1.81. The van der Waals surface area contributed by atoms with Crippen molar-refractivity contribution in [3.05, 3.63) is 95.9 Å². The molecule has 1 amide bonds. The Balaban J connectivity index is 1.66. The fourth-order valence-corrected chi connectivity index (χ4v) is 2.82. The molecule has 6 nitrogen and oxygen atoms in total. The summed E-state index contributed by atoms with van der Waals surface area (Å²) in [5.41, 5.74) is 7.70. The molecule has 2 N–H and O–H groups in total. The van der Waals surface area contributed by atoms with Gasteiger partial charge in [-0.2, -0.15) is 10.2 Å². The van der Waals surface area contributed by atoms with Gasteiger partial charge >= 0.3 is 0 Å². The summed E-state index contributed by atoms with van der Waals surface area (Å²) in [7, 11) is 0. The van der Waals surface area contributed by atoms with Crippen LogP contribution in [0.1, 0.15) is 21.6 Å². The molecule has 4 aromatic rings. The van der Waals surface area contributed by atoms with E-state index in [4.69, 9.17) is 5.10 Å². The zero-order chi connectivity index (χ0) is 19.3. The van der Waals surface area contributed by atoms with Crippen LogP contribution in [0.5, 0.6) is 0 Å². The number of hydrogen-bond donors (Lipinski definition) is 2. The summed E-state index contributed by atoms with van der Waals surface area (Å²) >= 11 is 0. The molecular weight excluding hydrogens is 350 g/mol. The first-order valence-corrected chi connectivity index (χ1v) is 8.89. The van der Waals surface area contributed by atoms with Gasteiger partial charge in [-0.25, -0.2) is 10.1 Å². The van der Waals surface area contributed by atoms with Crippen molar-refractivity contribution in [2.24, 2.45) is 5.10 Å². The quantitative estimate of drug-likeness (QED) is 0.413. The Bertz CT molecular complexity index is 1090. The number of carbonyl (C=O) groups excluding carboxylic acids is 1. The number of nitrogens with zero attached hydrogens (tertiary/aromatic N) is 3. The molecule has 138 valence electrons. The molecule has 0 bridgehead atoms. The number of nitrogens with one attached hydrogen (secondary N) is 2. The molecule has 0 saturated heterocycles. The Morgan fingerprint density at radius 1 is 1.07 bits per heavy atom. The number of para-hydroxylation sites is 1. The van der Waals surface area contributed by atoms with Gasteiger partial charge in [-0.1, -0.05) is 48.0 Å². The van der Waals surface area contributed by atoms with Crippen molar-refractivity contribution in [2.75, 3.05) is 0 Å². The van der Waals surface area contributed by atoms with E-state index in [0.29, 0.717) is 5.69 Å². The highest BCUT2D eigenvalue weighted by atomic mass is 16.2. The van der Waals surface area contributed by atoms with Crippen LogP contribution in [0.15, 0.2) is 84.2 Å². The number of aromatic nitrogens is 3. The van der Waals surface area contributed by atoms with Gasteiger partial charge in [0.2, 0.25) is 0 Å². The number of hydrogen-bond acceptors (Lipinski definition) is 3. The predicted octanol–water partition coefficient (Wildman–Crippen LogP) is 3.94. The van der Waals surface area contributed by atoms with Crippen molar-refractivity contribution in [1.82, 2.24) is 20.2 Å². The standard InChI is InChI=1S/C22H19N5O/c1-16-9-11-17(12-10-16)21-18(14-24-25-22(28)20-8-5-13-23-20)15-27(26-21)19-6-3-2-4-7-19/h2-15,23H,1H3,(H,25,28)/b24-14-. The first-order valence-electron chi connectivity index (χ1n) is 8.89. The molecule has 4 rings (SSSR count). The Kier molecular flexibility index (Phi) is 4.84. The van der Waals surface area contributed by atoms with Crippen molar-refractivity contribution in [3.8, 4) is 16.9 Å². The summed E-state index contributed by atoms with van der Waals surface area (Å²) in [5, 5.41) is 8.84. The maximum Gasteiger partial charge on any atom is 0.287 e. The third kappa shape index (κ3) is 3.76. The number of H-pyrrole nitrogens is 1. The van der Waals surface area contributed by atoms with Crippen molar-refractivity contribution in [2.45, 2.75) is 6.92 Å². The number of amides is 1. The topological polar surface area (TPSA) is 75.1 Å². The van der Waals surface area contributed by atoms with Crippen LogP contribution < -0.4 is 5.43 Å². The molecule has 0 spiro atoms. The molecule has 2 heterocycles. The van der Waals surface area contributed by atoms with Gasteiger partial charge < -0.3 is 4.98 Å². The number of rotatable bonds is 5. The predicted molar refractivity (Wildman–Crippen MR) is 110 cm³/mol. The van der Waals surface area contributed by atoms with Gasteiger partial charge in [-0.05, 0) is 31.2 Å². The Morgan fingerprint density at radius 3 is 2.57 bits per heavy atom. The fraction of sp³-hybridized carbons (Fsp3) is 0.0455. The first kappa shape index (κ1) is 17.5. The third-order valence-electron chi connectivity index (χ3n) is 4.30. The molecule has 0 unspecified atom stereocenters. The van der Waals surface area contributed by atoms with E-state index in [0.717, 1.165) is 22.5 Å². The molecule has 0 atom stereocenters. The lowest BCUT2D eigenvalue weighted by Gasteiger charge is -2.01. The van der Waals surface area contributed by atoms with E-state index in [1.807, 2.05) is 72.4 Å². The average molecular weight is 369 g/mol. The summed E-state index contributed by atoms with van der Waals surface area (Å²) in [6, 6.07) is 21.5. The van der Waals surface area contributed by atoms with Gasteiger partial charge in [0.15, 0.2) is 0 Å². The van der Waals surface area contributed by atoms with Crippen LogP contribution in [-0.2, 0) is 0 Å². The van der Waals surface area contributed by atoms with Gasteiger partial charge in [-0.15, -0.1) is 0 Å². The highest BCUT2D eigenvalue weighted by Gasteiger charge is 2.11. The van der Waals surface area contributed by atoms with Crippen LogP contribution in [0, 0.1) is 6.92 Å². The van der Waals surface area contributed by atoms with Crippen molar-refractivity contribution in [3.63, 3.8) is 0 Å². The highest BCUT2D eigenvalue weighted by molar-refractivity contribution is 5.94. The lowest BCUT2D eigenvalue weighted by Crippen LogP contribution is -2.17. The van der Waals surface area contributed by atoms with E-state index in [-0.39, 0.29) is 5.91 Å². The van der Waals surface area contributed by atoms with Gasteiger partial charge in [0, 0.05) is 23.5 Å². The summed E-state index contributed by atoms with van der Waals surface area (Å²) in [5.74, 6) is -0.298. The fourth-order valence-electron chi connectivity index (χ4n) is 2.82. The van der Waals surface area contributed by atoms with Crippen LogP contribution in [0.2, 0.25) is 0 Å². The molecule has 0 saturated carbocycles. The van der Waals surface area contributed by atoms with E-state index in [9.17, 15) is 4.79 Å². The maximum atomic E-state index is 12.0. The van der Waals surface area contributed by atoms with E-state index in [1.54, 1.807) is 24.5 Å². The van der Waals surface area contributed by atoms with Crippen molar-refractivity contribution in [1.29, 1.82) is 0 Å². The Morgan fingerprint density at radius 2 is 1.86 bits per heavy atom. The zero-order valence-electron chi connectivity index (χ0n) is 15.3. The number of hydrazone groups is 1. The molecular formula is C22H19N5O. The SMILES string of the molecule is Cc1ccc(-c2nn(-c3ccccc3)cc2/C=N\NC(=O)c2ccc[nH]2)cc1. The summed E-state index contributed by atoms with van der Waals surface area (Å²) in [6.07, 6.45) is 5.20. The molecule has 28 heavy (non-hydrogen) atoms. The minimum absolute atomic E-state index is 0.298. The normalized spacial score (nSPS) is 11.0. The van der Waals surface area contributed by atoms with Crippen LogP contribution >= 0.6 is 0 Å². The van der Waals surface area contributed by atoms with E-state index < -0.39 is 0 Å². The van der Waals surface area contributed by atoms with Crippen LogP contribution in [0.3, 0.4) is 0 Å². The highest BCUT2D eigenvalue weighted by Crippen LogP contribution is 2.23. The number of benzene rings is 2. The van der Waals surface area contributed by atoms with Gasteiger partial charge in [0.1, 0.15) is 11.4 Å². The second kappa shape index (κ2) is 7.75. The molecule has 2 aromatic heterocycles. The minimum Gasteiger partial charge on any atom is -0.357 e. The third-order valence-corrected chi connectivity index (χ3v) is 4.30. The van der Waals surface area contributed by atoms with E-state index >= 15 is 0 Å². The first-order chi connectivity index (χ1) is 13.7. The van der Waals surface area contributed by atoms with E-state index in [2.05, 4.69) is 15.5 Å². The van der Waals surface area contributed by atoms with Crippen molar-refractivity contribution < 1.29 is 4.79 Å². The van der Waals surface area contributed by atoms with Crippen LogP contribution in [0.25, 0.3) is 16.9 Å². The lowest BCUT2D eigenvalue weighted by atomic mass is 10.1. The maximum absolute atomic E-state index is 12.0. The minimum atomic E-state index is -0.298. The molecule has 6 heteroatoms. The molecule has 0 aliphatic carbocycles. The number of aromatic amines is 1. The molecule has 2 aromatic carbocycles. The largest absolute Gasteiger partial charge is 0.357 e. The van der Waals surface area contributed by atoms with Crippen LogP contribution in [-0.4, -0.2) is 26.9 Å². The summed E-state index contributed by atoms with van der Waals surface area (Å²) in [6.45, 7) is 2.05. The molecule has 0 aliphatic rings. The van der Waals surface area contributed by atoms with Gasteiger partial charge in [0.05, 0.1) is 11.9 Å². The van der Waals surface area contributed by atoms with Gasteiger partial charge in [-0.3, -0.25) is 4.79 Å². The number of carbonyl (C=O) groups is 1. The van der Waals surface area contributed by atoms with Gasteiger partial charge in [0.25, 0.3) is 5.91 Å². The molecule has 0 radical (unpaired) electrons. The molecule has 0 fully saturated rings. The van der Waals surface area contributed by atoms with Crippen LogP contribution in [0.4, 0.5) is 0 Å². The summed E-state index contributed by atoms with van der Waals surface area (Å²) in [4.78, 5) is 14.9. The Labute approximate surface area is 162 Å².